The molecule has 3 aromatic rings. The lowest BCUT2D eigenvalue weighted by Gasteiger charge is -2.19. The van der Waals surface area contributed by atoms with E-state index in [4.69, 9.17) is 15.9 Å². The van der Waals surface area contributed by atoms with E-state index in [1.54, 1.807) is 24.3 Å². The van der Waals surface area contributed by atoms with Crippen LogP contribution in [0.2, 0.25) is 0 Å². The van der Waals surface area contributed by atoms with Crippen molar-refractivity contribution in [3.05, 3.63) is 107 Å². The Balaban J connectivity index is 1.80. The van der Waals surface area contributed by atoms with Crippen LogP contribution in [0.25, 0.3) is 0 Å². The Morgan fingerprint density at radius 1 is 0.939 bits per heavy atom. The van der Waals surface area contributed by atoms with Crippen LogP contribution in [0.5, 0.6) is 11.5 Å². The van der Waals surface area contributed by atoms with Gasteiger partial charge in [-0.1, -0.05) is 72.7 Å². The molecule has 0 spiro atoms. The van der Waals surface area contributed by atoms with Gasteiger partial charge < -0.3 is 9.47 Å². The van der Waals surface area contributed by atoms with E-state index in [9.17, 15) is 9.59 Å². The molecule has 2 unspecified atom stereocenters. The lowest BCUT2D eigenvalue weighted by molar-refractivity contribution is -0.131. The van der Waals surface area contributed by atoms with Crippen LogP contribution in [0.4, 0.5) is 0 Å². The van der Waals surface area contributed by atoms with Gasteiger partial charge in [-0.25, -0.2) is 0 Å². The van der Waals surface area contributed by atoms with Crippen LogP contribution >= 0.6 is 0 Å². The van der Waals surface area contributed by atoms with Gasteiger partial charge in [-0.05, 0) is 37.1 Å². The highest BCUT2D eigenvalue weighted by Crippen LogP contribution is 2.47. The smallest absolute Gasteiger partial charge is 0.308 e. The van der Waals surface area contributed by atoms with Gasteiger partial charge in [0.05, 0.1) is 5.56 Å². The van der Waals surface area contributed by atoms with Gasteiger partial charge in [0.25, 0.3) is 0 Å². The number of ether oxygens (including phenoxy) is 2. The summed E-state index contributed by atoms with van der Waals surface area (Å²) in [6.07, 6.45) is 10.4. The number of aryl methyl sites for hydroxylation is 1. The number of allylic oxidation sites excluding steroid dienone is 2. The van der Waals surface area contributed by atoms with E-state index in [2.05, 4.69) is 30.4 Å². The maximum absolute atomic E-state index is 13.8. The van der Waals surface area contributed by atoms with E-state index >= 15 is 0 Å². The number of carbonyl (C=O) groups is 2. The van der Waals surface area contributed by atoms with Crippen molar-refractivity contribution in [1.82, 2.24) is 0 Å². The second kappa shape index (κ2) is 9.58. The molecule has 0 bridgehead atoms. The number of hydrogen-bond acceptors (Lipinski definition) is 4. The highest BCUT2D eigenvalue weighted by atomic mass is 16.5. The van der Waals surface area contributed by atoms with Gasteiger partial charge in [-0.2, -0.15) is 0 Å². The maximum Gasteiger partial charge on any atom is 0.308 e. The summed E-state index contributed by atoms with van der Waals surface area (Å²) in [4.78, 5) is 25.4. The SMILES string of the molecule is C#COc1ccccc1C1CC(c2ccc(C)cc2)C=C1C(=O)c1ccccc1OC(C)=O. The Labute approximate surface area is 193 Å². The molecule has 4 rings (SSSR count). The number of rotatable bonds is 6. The lowest BCUT2D eigenvalue weighted by atomic mass is 9.86. The fraction of sp³-hybridized carbons (Fsp3) is 0.172. The summed E-state index contributed by atoms with van der Waals surface area (Å²) in [6.45, 7) is 3.37. The number of ketones is 1. The summed E-state index contributed by atoms with van der Waals surface area (Å²) in [5, 5.41) is 0. The van der Waals surface area contributed by atoms with Crippen molar-refractivity contribution in [2.24, 2.45) is 0 Å². The van der Waals surface area contributed by atoms with Crippen LogP contribution in [0.1, 0.15) is 52.2 Å². The fourth-order valence-electron chi connectivity index (χ4n) is 4.33. The quantitative estimate of drug-likeness (QED) is 0.207. The number of terminal acetylenes is 1. The third kappa shape index (κ3) is 4.73. The third-order valence-electron chi connectivity index (χ3n) is 5.86. The molecule has 0 heterocycles. The molecule has 0 aromatic heterocycles. The highest BCUT2D eigenvalue weighted by molar-refractivity contribution is 6.12. The van der Waals surface area contributed by atoms with Crippen molar-refractivity contribution < 1.29 is 19.1 Å². The zero-order valence-corrected chi connectivity index (χ0v) is 18.6. The monoisotopic (exact) mass is 436 g/mol. The van der Waals surface area contributed by atoms with Crippen LogP contribution < -0.4 is 9.47 Å². The van der Waals surface area contributed by atoms with Crippen LogP contribution in [0.15, 0.2) is 84.4 Å². The Hall–Kier alpha value is -4.10. The van der Waals surface area contributed by atoms with Gasteiger partial charge in [0.2, 0.25) is 0 Å². The molecule has 3 aromatic carbocycles. The van der Waals surface area contributed by atoms with E-state index in [-0.39, 0.29) is 23.4 Å². The summed E-state index contributed by atoms with van der Waals surface area (Å²) < 4.78 is 10.8. The van der Waals surface area contributed by atoms with E-state index < -0.39 is 5.97 Å². The van der Waals surface area contributed by atoms with Gasteiger partial charge in [0.1, 0.15) is 17.6 Å². The van der Waals surface area contributed by atoms with E-state index in [0.29, 0.717) is 23.3 Å². The number of para-hydroxylation sites is 2. The first-order chi connectivity index (χ1) is 16.0. The summed E-state index contributed by atoms with van der Waals surface area (Å²) in [7, 11) is 0. The van der Waals surface area contributed by atoms with Crippen molar-refractivity contribution in [2.45, 2.75) is 32.1 Å². The minimum Gasteiger partial charge on any atom is -0.426 e. The predicted octanol–water partition coefficient (Wildman–Crippen LogP) is 5.97. The van der Waals surface area contributed by atoms with Gasteiger partial charge in [0, 0.05) is 29.9 Å². The Bertz CT molecular complexity index is 1260. The van der Waals surface area contributed by atoms with Gasteiger partial charge in [0.15, 0.2) is 5.78 Å². The van der Waals surface area contributed by atoms with Crippen molar-refractivity contribution in [2.75, 3.05) is 0 Å². The Morgan fingerprint density at radius 3 is 2.30 bits per heavy atom. The molecule has 164 valence electrons. The number of carbonyl (C=O) groups excluding carboxylic acids is 2. The molecule has 1 aliphatic rings. The summed E-state index contributed by atoms with van der Waals surface area (Å²) >= 11 is 0. The standard InChI is InChI=1S/C29H24O4/c1-4-32-27-11-7-5-9-23(27)25-17-22(21-15-13-19(2)14-16-21)18-26(25)29(31)24-10-6-8-12-28(24)33-20(3)30/h1,5-16,18,22,25H,17H2,2-3H3. The molecule has 0 saturated carbocycles. The fourth-order valence-corrected chi connectivity index (χ4v) is 4.33. The second-order valence-corrected chi connectivity index (χ2v) is 8.10. The van der Waals surface area contributed by atoms with E-state index in [0.717, 1.165) is 11.1 Å². The second-order valence-electron chi connectivity index (χ2n) is 8.10. The molecule has 33 heavy (non-hydrogen) atoms. The highest BCUT2D eigenvalue weighted by Gasteiger charge is 2.35. The van der Waals surface area contributed by atoms with Crippen LogP contribution in [0.3, 0.4) is 0 Å². The molecule has 4 nitrogen and oxygen atoms in total. The summed E-state index contributed by atoms with van der Waals surface area (Å²) in [5.74, 6) is -0.0179. The van der Waals surface area contributed by atoms with Crippen molar-refractivity contribution in [3.8, 4) is 24.0 Å². The lowest BCUT2D eigenvalue weighted by Crippen LogP contribution is -2.13. The van der Waals surface area contributed by atoms with Crippen molar-refractivity contribution in [1.29, 1.82) is 0 Å². The first-order valence-corrected chi connectivity index (χ1v) is 10.8. The van der Waals surface area contributed by atoms with E-state index in [1.165, 1.54) is 12.5 Å². The van der Waals surface area contributed by atoms with Gasteiger partial charge in [-0.3, -0.25) is 9.59 Å². The zero-order valence-electron chi connectivity index (χ0n) is 18.6. The third-order valence-corrected chi connectivity index (χ3v) is 5.86. The predicted molar refractivity (Wildman–Crippen MR) is 127 cm³/mol. The summed E-state index contributed by atoms with van der Waals surface area (Å²) in [5.41, 5.74) is 4.15. The average molecular weight is 437 g/mol. The number of hydrogen-bond donors (Lipinski definition) is 0. The molecular weight excluding hydrogens is 412 g/mol. The molecule has 0 fully saturated rings. The maximum atomic E-state index is 13.8. The van der Waals surface area contributed by atoms with Crippen LogP contribution in [-0.2, 0) is 4.79 Å². The van der Waals surface area contributed by atoms with Gasteiger partial charge in [-0.15, -0.1) is 0 Å². The summed E-state index contributed by atoms with van der Waals surface area (Å²) in [6, 6.07) is 22.7. The molecule has 0 saturated heterocycles. The number of benzene rings is 3. The number of Topliss-reactive ketones (excluding diaryl/α,β-unsaturated/α-hetero) is 1. The van der Waals surface area contributed by atoms with Crippen molar-refractivity contribution >= 4 is 11.8 Å². The van der Waals surface area contributed by atoms with Crippen LogP contribution in [-0.4, -0.2) is 11.8 Å². The average Bonchev–Trinajstić information content (AvgIpc) is 3.25. The van der Waals surface area contributed by atoms with Gasteiger partial charge >= 0.3 is 5.97 Å². The minimum atomic E-state index is -0.475. The Morgan fingerprint density at radius 2 is 1.61 bits per heavy atom. The molecule has 0 amide bonds. The molecule has 1 aliphatic carbocycles. The molecule has 0 aliphatic heterocycles. The first kappa shape index (κ1) is 22.1. The topological polar surface area (TPSA) is 52.6 Å². The molecule has 0 N–H and O–H groups in total. The molecule has 0 radical (unpaired) electrons. The van der Waals surface area contributed by atoms with Crippen molar-refractivity contribution in [3.63, 3.8) is 0 Å². The molecule has 2 atom stereocenters. The zero-order chi connectivity index (χ0) is 23.4. The van der Waals surface area contributed by atoms with E-state index in [1.807, 2.05) is 37.3 Å². The molecule has 4 heteroatoms. The number of esters is 1. The minimum absolute atomic E-state index is 0.0503. The molecular formula is C29H24O4. The largest absolute Gasteiger partial charge is 0.426 e. The first-order valence-electron chi connectivity index (χ1n) is 10.8. The Kier molecular flexibility index (Phi) is 6.42. The van der Waals surface area contributed by atoms with Crippen LogP contribution in [0, 0.1) is 19.5 Å². The normalized spacial score (nSPS) is 17.1.